The molecule has 0 saturated heterocycles. The lowest BCUT2D eigenvalue weighted by Gasteiger charge is -2.29. The fraction of sp³-hybridized carbons (Fsp3) is 0.179. The van der Waals surface area contributed by atoms with Crippen molar-refractivity contribution >= 4 is 58.3 Å². The number of halogens is 3. The third-order valence-corrected chi connectivity index (χ3v) is 7.98. The molecule has 0 spiro atoms. The van der Waals surface area contributed by atoms with E-state index in [1.807, 2.05) is 61.5 Å². The van der Waals surface area contributed by atoms with Crippen molar-refractivity contribution in [3.63, 3.8) is 0 Å². The lowest BCUT2D eigenvalue weighted by Crippen LogP contribution is -2.28. The molecule has 1 atom stereocenters. The van der Waals surface area contributed by atoms with Crippen LogP contribution in [0.25, 0.3) is 0 Å². The Morgan fingerprint density at radius 3 is 2.55 bits per heavy atom. The highest BCUT2D eigenvalue weighted by atomic mass is 35.5. The topological polar surface area (TPSA) is 69.0 Å². The van der Waals surface area contributed by atoms with Gasteiger partial charge < -0.3 is 10.1 Å². The van der Waals surface area contributed by atoms with Crippen LogP contribution in [0.1, 0.15) is 36.6 Å². The summed E-state index contributed by atoms with van der Waals surface area (Å²) in [4.78, 5) is 17.6. The average molecular weight is 586 g/mol. The number of fused-ring (bicyclic) bond motifs is 1. The normalized spacial score (nSPS) is 14.7. The molecule has 10 heteroatoms. The highest BCUT2D eigenvalue weighted by Crippen LogP contribution is 2.40. The van der Waals surface area contributed by atoms with Crippen LogP contribution in [-0.4, -0.2) is 20.5 Å². The largest absolute Gasteiger partial charge is 0.488 e. The second-order valence-electron chi connectivity index (χ2n) is 8.73. The number of ether oxygens (including phenoxy) is 1. The molecule has 0 saturated carbocycles. The van der Waals surface area contributed by atoms with Gasteiger partial charge in [-0.25, -0.2) is 4.68 Å². The van der Waals surface area contributed by atoms with Gasteiger partial charge in [0.05, 0.1) is 0 Å². The van der Waals surface area contributed by atoms with Gasteiger partial charge in [-0.15, -0.1) is 5.10 Å². The number of aromatic nitrogens is 3. The van der Waals surface area contributed by atoms with Crippen LogP contribution in [0, 0.1) is 0 Å². The molecule has 4 aromatic rings. The fourth-order valence-electron chi connectivity index (χ4n) is 4.33. The van der Waals surface area contributed by atoms with Gasteiger partial charge in [-0.2, -0.15) is 4.98 Å². The van der Waals surface area contributed by atoms with Gasteiger partial charge in [0.25, 0.3) is 0 Å². The second-order valence-corrected chi connectivity index (χ2v) is 10.9. The van der Waals surface area contributed by atoms with Crippen LogP contribution in [-0.2, 0) is 17.2 Å². The van der Waals surface area contributed by atoms with Crippen LogP contribution < -0.4 is 10.1 Å². The third kappa shape index (κ3) is 5.57. The molecule has 5 rings (SSSR count). The third-order valence-electron chi connectivity index (χ3n) is 6.14. The van der Waals surface area contributed by atoms with E-state index in [1.54, 1.807) is 23.7 Å². The first-order valence-corrected chi connectivity index (χ1v) is 13.9. The lowest BCUT2D eigenvalue weighted by atomic mass is 9.92. The number of hydrogen-bond acceptors (Lipinski definition) is 6. The van der Waals surface area contributed by atoms with Crippen LogP contribution in [0.15, 0.2) is 83.2 Å². The predicted octanol–water partition coefficient (Wildman–Crippen LogP) is 7.99. The fourth-order valence-corrected chi connectivity index (χ4v) is 5.90. The molecule has 2 heterocycles. The number of carbonyl (C=O) groups excluding carboxylic acids is 1. The number of carbonyl (C=O) groups is 1. The number of nitrogens with zero attached hydrogens (tertiary/aromatic N) is 3. The molecule has 1 unspecified atom stereocenters. The van der Waals surface area contributed by atoms with Crippen LogP contribution >= 0.6 is 46.6 Å². The minimum atomic E-state index is -0.525. The van der Waals surface area contributed by atoms with Crippen molar-refractivity contribution in [2.45, 2.75) is 37.4 Å². The van der Waals surface area contributed by atoms with Gasteiger partial charge in [-0.05, 0) is 43.7 Å². The highest BCUT2D eigenvalue weighted by molar-refractivity contribution is 7.98. The lowest BCUT2D eigenvalue weighted by molar-refractivity contribution is -0.114. The smallest absolute Gasteiger partial charge is 0.227 e. The molecule has 0 radical (unpaired) electrons. The molecule has 6 nitrogen and oxygen atoms in total. The quantitative estimate of drug-likeness (QED) is 0.211. The van der Waals surface area contributed by atoms with E-state index in [0.29, 0.717) is 43.2 Å². The minimum Gasteiger partial charge on any atom is -0.488 e. The zero-order valence-corrected chi connectivity index (χ0v) is 23.6. The zero-order valence-electron chi connectivity index (χ0n) is 20.5. The van der Waals surface area contributed by atoms with Gasteiger partial charge in [-0.1, -0.05) is 89.0 Å². The summed E-state index contributed by atoms with van der Waals surface area (Å²) in [5.74, 6) is 1.71. The molecule has 1 aromatic heterocycles. The molecule has 0 fully saturated rings. The van der Waals surface area contributed by atoms with E-state index >= 15 is 0 Å². The summed E-state index contributed by atoms with van der Waals surface area (Å²) in [6.07, 6.45) is 0. The Balaban J connectivity index is 1.49. The van der Waals surface area contributed by atoms with Crippen molar-refractivity contribution in [2.75, 3.05) is 5.32 Å². The number of para-hydroxylation sites is 1. The van der Waals surface area contributed by atoms with E-state index in [0.717, 1.165) is 22.4 Å². The van der Waals surface area contributed by atoms with Crippen molar-refractivity contribution in [3.05, 3.63) is 110 Å². The first kappa shape index (κ1) is 26.6. The molecular formula is C28H23Cl3N4O2S. The average Bonchev–Trinajstić information content (AvgIpc) is 3.29. The highest BCUT2D eigenvalue weighted by Gasteiger charge is 2.34. The zero-order chi connectivity index (χ0) is 26.8. The Hall–Kier alpha value is -2.97. The van der Waals surface area contributed by atoms with Gasteiger partial charge in [0, 0.05) is 43.2 Å². The van der Waals surface area contributed by atoms with Crippen molar-refractivity contribution in [2.24, 2.45) is 0 Å². The summed E-state index contributed by atoms with van der Waals surface area (Å²) in [6, 6.07) is 20.1. The summed E-state index contributed by atoms with van der Waals surface area (Å²) >= 11 is 20.2. The molecule has 1 aliphatic heterocycles. The summed E-state index contributed by atoms with van der Waals surface area (Å²) < 4.78 is 7.98. The second kappa shape index (κ2) is 11.4. The Morgan fingerprint density at radius 1 is 1.03 bits per heavy atom. The number of rotatable bonds is 8. The van der Waals surface area contributed by atoms with Crippen molar-refractivity contribution in [1.82, 2.24) is 14.8 Å². The van der Waals surface area contributed by atoms with Crippen molar-refractivity contribution in [1.29, 1.82) is 0 Å². The summed E-state index contributed by atoms with van der Waals surface area (Å²) in [6.45, 7) is 3.66. The molecule has 194 valence electrons. The van der Waals surface area contributed by atoms with E-state index < -0.39 is 6.04 Å². The first-order valence-electron chi connectivity index (χ1n) is 11.8. The maximum Gasteiger partial charge on any atom is 0.227 e. The van der Waals surface area contributed by atoms with E-state index in [4.69, 9.17) is 49.6 Å². The van der Waals surface area contributed by atoms with Crippen LogP contribution in [0.4, 0.5) is 5.95 Å². The number of Topliss-reactive ketones (excluding diaryl/α,β-unsaturated/α-hetero) is 1. The Labute approximate surface area is 240 Å². The molecule has 3 aromatic carbocycles. The summed E-state index contributed by atoms with van der Waals surface area (Å²) in [7, 11) is 0. The predicted molar refractivity (Wildman–Crippen MR) is 153 cm³/mol. The molecular weight excluding hydrogens is 563 g/mol. The Kier molecular flexibility index (Phi) is 8.00. The number of ketones is 1. The maximum atomic E-state index is 12.9. The molecule has 0 aliphatic carbocycles. The molecule has 38 heavy (non-hydrogen) atoms. The number of allylic oxidation sites excluding steroid dienone is 2. The molecule has 0 amide bonds. The molecule has 1 aliphatic rings. The minimum absolute atomic E-state index is 0.0676. The van der Waals surface area contributed by atoms with Gasteiger partial charge in [-0.3, -0.25) is 4.79 Å². The van der Waals surface area contributed by atoms with Gasteiger partial charge in [0.1, 0.15) is 18.4 Å². The van der Waals surface area contributed by atoms with Gasteiger partial charge in [0.2, 0.25) is 11.1 Å². The summed E-state index contributed by atoms with van der Waals surface area (Å²) in [5, 5.41) is 10.4. The standard InChI is InChI=1S/C28H23Cl3N4O2S/c1-16-25(17(2)36)26(21-8-4-6-10-24(21)37-14-18-11-12-20(29)13-23(18)31)35-27(32-16)33-28(34-35)38-15-19-7-3-5-9-22(19)30/h3-13,26H,14-15H2,1-2H3,(H,32,33,34). The van der Waals surface area contributed by atoms with E-state index in [2.05, 4.69) is 5.32 Å². The number of benzene rings is 3. The van der Waals surface area contributed by atoms with Crippen LogP contribution in [0.2, 0.25) is 15.1 Å². The number of anilines is 1. The van der Waals surface area contributed by atoms with Crippen molar-refractivity contribution in [3.8, 4) is 5.75 Å². The van der Waals surface area contributed by atoms with Crippen molar-refractivity contribution < 1.29 is 9.53 Å². The van der Waals surface area contributed by atoms with E-state index in [-0.39, 0.29) is 12.4 Å². The van der Waals surface area contributed by atoms with Crippen LogP contribution in [0.5, 0.6) is 5.75 Å². The van der Waals surface area contributed by atoms with Gasteiger partial charge in [0.15, 0.2) is 5.78 Å². The molecule has 0 bridgehead atoms. The number of thioether (sulfide) groups is 1. The number of nitrogens with one attached hydrogen (secondary N) is 1. The van der Waals surface area contributed by atoms with Gasteiger partial charge >= 0.3 is 0 Å². The Morgan fingerprint density at radius 2 is 1.79 bits per heavy atom. The SMILES string of the molecule is CC(=O)C1=C(C)Nc2nc(SCc3ccccc3Cl)nn2C1c1ccccc1OCc1ccc(Cl)cc1Cl. The van der Waals surface area contributed by atoms with Crippen LogP contribution in [0.3, 0.4) is 0 Å². The van der Waals surface area contributed by atoms with E-state index in [9.17, 15) is 4.79 Å². The van der Waals surface area contributed by atoms with E-state index in [1.165, 1.54) is 11.8 Å². The maximum absolute atomic E-state index is 12.9. The summed E-state index contributed by atoms with van der Waals surface area (Å²) in [5.41, 5.74) is 3.90. The monoisotopic (exact) mass is 584 g/mol. The number of hydrogen-bond donors (Lipinski definition) is 1. The first-order chi connectivity index (χ1) is 18.3. The Bertz CT molecular complexity index is 1550. The molecule has 1 N–H and O–H groups in total.